The molecule has 3 nitrogen and oxygen atoms in total. The van der Waals surface area contributed by atoms with Crippen LogP contribution in [-0.4, -0.2) is 44.3 Å². The average molecular weight is 270 g/mol. The van der Waals surface area contributed by atoms with Crippen LogP contribution in [0.2, 0.25) is 0 Å². The molecule has 0 aromatic heterocycles. The van der Waals surface area contributed by atoms with E-state index in [4.69, 9.17) is 4.74 Å². The predicted octanol–water partition coefficient (Wildman–Crippen LogP) is 1.95. The molecule has 0 radical (unpaired) electrons. The van der Waals surface area contributed by atoms with Crippen LogP contribution in [-0.2, 0) is 4.74 Å². The molecule has 19 heavy (non-hydrogen) atoms. The van der Waals surface area contributed by atoms with Crippen molar-refractivity contribution in [2.45, 2.75) is 19.1 Å². The highest BCUT2D eigenvalue weighted by Crippen LogP contribution is 2.18. The number of nitrogens with zero attached hydrogens (tertiary/aromatic N) is 1. The van der Waals surface area contributed by atoms with Crippen molar-refractivity contribution in [2.75, 3.05) is 33.3 Å². The fourth-order valence-electron chi connectivity index (χ4n) is 2.25. The fraction of sp³-hybridized carbons (Fsp3) is 0.571. The Morgan fingerprint density at radius 3 is 3.00 bits per heavy atom. The molecule has 1 aromatic carbocycles. The van der Waals surface area contributed by atoms with Crippen molar-refractivity contribution in [3.8, 4) is 0 Å². The summed E-state index contributed by atoms with van der Waals surface area (Å²) in [6, 6.07) is 3.28. The van der Waals surface area contributed by atoms with Gasteiger partial charge in [-0.05, 0) is 32.2 Å². The van der Waals surface area contributed by atoms with Crippen molar-refractivity contribution in [2.24, 2.45) is 0 Å². The van der Waals surface area contributed by atoms with Gasteiger partial charge in [0.25, 0.3) is 0 Å². The monoisotopic (exact) mass is 270 g/mol. The first-order valence-electron chi connectivity index (χ1n) is 6.54. The third-order valence-corrected chi connectivity index (χ3v) is 3.42. The summed E-state index contributed by atoms with van der Waals surface area (Å²) in [4.78, 5) is 2.20. The molecule has 0 aliphatic carbocycles. The Morgan fingerprint density at radius 2 is 2.26 bits per heavy atom. The lowest BCUT2D eigenvalue weighted by Crippen LogP contribution is -2.45. The minimum atomic E-state index is -0.418. The molecule has 106 valence electrons. The van der Waals surface area contributed by atoms with E-state index in [1.54, 1.807) is 0 Å². The molecule has 0 bridgehead atoms. The van der Waals surface area contributed by atoms with Crippen LogP contribution in [0.5, 0.6) is 0 Å². The van der Waals surface area contributed by atoms with Crippen LogP contribution < -0.4 is 5.32 Å². The predicted molar refractivity (Wildman–Crippen MR) is 70.0 cm³/mol. The highest BCUT2D eigenvalue weighted by molar-refractivity contribution is 5.21. The van der Waals surface area contributed by atoms with Crippen LogP contribution in [0.1, 0.15) is 18.5 Å². The van der Waals surface area contributed by atoms with Gasteiger partial charge in [-0.25, -0.2) is 8.78 Å². The second-order valence-electron chi connectivity index (χ2n) is 5.05. The number of likely N-dealkylation sites (N-methyl/N-ethyl adjacent to an activating group) is 1. The molecular weight excluding hydrogens is 250 g/mol. The number of hydrogen-bond acceptors (Lipinski definition) is 3. The molecule has 2 rings (SSSR count). The SMILES string of the molecule is C[C@@H](NC[C@H]1CN(C)CCO1)c1cc(F)ccc1F. The number of benzene rings is 1. The summed E-state index contributed by atoms with van der Waals surface area (Å²) in [6.45, 7) is 4.95. The second-order valence-corrected chi connectivity index (χ2v) is 5.05. The van der Waals surface area contributed by atoms with E-state index in [1.807, 2.05) is 14.0 Å². The Labute approximate surface area is 112 Å². The largest absolute Gasteiger partial charge is 0.374 e. The van der Waals surface area contributed by atoms with E-state index in [-0.39, 0.29) is 18.0 Å². The Morgan fingerprint density at radius 1 is 1.47 bits per heavy atom. The molecule has 0 saturated carbocycles. The van der Waals surface area contributed by atoms with Gasteiger partial charge in [0.05, 0.1) is 12.7 Å². The Balaban J connectivity index is 1.90. The molecule has 5 heteroatoms. The van der Waals surface area contributed by atoms with Crippen LogP contribution in [0.4, 0.5) is 8.78 Å². The van der Waals surface area contributed by atoms with Gasteiger partial charge in [-0.2, -0.15) is 0 Å². The lowest BCUT2D eigenvalue weighted by Gasteiger charge is -2.31. The van der Waals surface area contributed by atoms with Gasteiger partial charge in [0.1, 0.15) is 11.6 Å². The topological polar surface area (TPSA) is 24.5 Å². The number of nitrogens with one attached hydrogen (secondary N) is 1. The van der Waals surface area contributed by atoms with Crippen LogP contribution >= 0.6 is 0 Å². The molecule has 0 amide bonds. The Hall–Kier alpha value is -1.04. The minimum Gasteiger partial charge on any atom is -0.374 e. The van der Waals surface area contributed by atoms with Crippen molar-refractivity contribution in [1.29, 1.82) is 0 Å². The van der Waals surface area contributed by atoms with E-state index >= 15 is 0 Å². The van der Waals surface area contributed by atoms with E-state index in [0.717, 1.165) is 25.2 Å². The van der Waals surface area contributed by atoms with Crippen molar-refractivity contribution in [3.63, 3.8) is 0 Å². The lowest BCUT2D eigenvalue weighted by molar-refractivity contribution is -0.0191. The van der Waals surface area contributed by atoms with Gasteiger partial charge in [-0.3, -0.25) is 0 Å². The number of halogens is 2. The van der Waals surface area contributed by atoms with Gasteiger partial charge in [0, 0.05) is 31.2 Å². The van der Waals surface area contributed by atoms with Gasteiger partial charge in [0.2, 0.25) is 0 Å². The van der Waals surface area contributed by atoms with Crippen molar-refractivity contribution in [3.05, 3.63) is 35.4 Å². The molecule has 1 aromatic rings. The normalized spacial score (nSPS) is 22.4. The van der Waals surface area contributed by atoms with E-state index in [2.05, 4.69) is 10.2 Å². The maximum Gasteiger partial charge on any atom is 0.128 e. The maximum atomic E-state index is 13.6. The van der Waals surface area contributed by atoms with Crippen LogP contribution in [0.3, 0.4) is 0 Å². The zero-order valence-electron chi connectivity index (χ0n) is 11.3. The molecule has 1 fully saturated rings. The Kier molecular flexibility index (Phi) is 4.85. The second kappa shape index (κ2) is 6.41. The number of ether oxygens (including phenoxy) is 1. The van der Waals surface area contributed by atoms with E-state index in [0.29, 0.717) is 18.7 Å². The fourth-order valence-corrected chi connectivity index (χ4v) is 2.25. The van der Waals surface area contributed by atoms with Crippen molar-refractivity contribution >= 4 is 0 Å². The molecular formula is C14H20F2N2O. The molecule has 1 N–H and O–H groups in total. The quantitative estimate of drug-likeness (QED) is 0.905. The number of rotatable bonds is 4. The lowest BCUT2D eigenvalue weighted by atomic mass is 10.1. The van der Waals surface area contributed by atoms with Gasteiger partial charge in [-0.1, -0.05) is 0 Å². The summed E-state index contributed by atoms with van der Waals surface area (Å²) in [7, 11) is 2.05. The first-order chi connectivity index (χ1) is 9.06. The van der Waals surface area contributed by atoms with Gasteiger partial charge < -0.3 is 15.0 Å². The van der Waals surface area contributed by atoms with Gasteiger partial charge >= 0.3 is 0 Å². The summed E-state index contributed by atoms with van der Waals surface area (Å²) in [5.41, 5.74) is 0.351. The molecule has 0 unspecified atom stereocenters. The van der Waals surface area contributed by atoms with Crippen LogP contribution in [0.25, 0.3) is 0 Å². The zero-order chi connectivity index (χ0) is 13.8. The first kappa shape index (κ1) is 14.4. The summed E-state index contributed by atoms with van der Waals surface area (Å²) in [5.74, 6) is -0.804. The molecule has 0 spiro atoms. The third kappa shape index (κ3) is 3.96. The summed E-state index contributed by atoms with van der Waals surface area (Å²) in [6.07, 6.45) is 0.0952. The van der Waals surface area contributed by atoms with Crippen LogP contribution in [0, 0.1) is 11.6 Å². The smallest absolute Gasteiger partial charge is 0.128 e. The van der Waals surface area contributed by atoms with E-state index in [1.165, 1.54) is 6.07 Å². The van der Waals surface area contributed by atoms with Crippen molar-refractivity contribution < 1.29 is 13.5 Å². The van der Waals surface area contributed by atoms with Crippen molar-refractivity contribution in [1.82, 2.24) is 10.2 Å². The van der Waals surface area contributed by atoms with E-state index < -0.39 is 5.82 Å². The molecule has 1 saturated heterocycles. The van der Waals surface area contributed by atoms with E-state index in [9.17, 15) is 8.78 Å². The van der Waals surface area contributed by atoms with Gasteiger partial charge in [-0.15, -0.1) is 0 Å². The third-order valence-electron chi connectivity index (χ3n) is 3.42. The number of hydrogen-bond donors (Lipinski definition) is 1. The molecule has 1 aliphatic heterocycles. The molecule has 1 aliphatic rings. The standard InChI is InChI=1S/C14H20F2N2O/c1-10(13-7-11(15)3-4-14(13)16)17-8-12-9-18(2)5-6-19-12/h3-4,7,10,12,17H,5-6,8-9H2,1-2H3/t10-,12+/m1/s1. The Bertz CT molecular complexity index is 428. The van der Waals surface area contributed by atoms with Gasteiger partial charge in [0.15, 0.2) is 0 Å². The molecule has 1 heterocycles. The number of morpholine rings is 1. The van der Waals surface area contributed by atoms with Crippen LogP contribution in [0.15, 0.2) is 18.2 Å². The highest BCUT2D eigenvalue weighted by Gasteiger charge is 2.19. The summed E-state index contributed by atoms with van der Waals surface area (Å²) < 4.78 is 32.3. The first-order valence-corrected chi connectivity index (χ1v) is 6.54. The highest BCUT2D eigenvalue weighted by atomic mass is 19.1. The summed E-state index contributed by atoms with van der Waals surface area (Å²) in [5, 5.41) is 3.20. The summed E-state index contributed by atoms with van der Waals surface area (Å²) >= 11 is 0. The maximum absolute atomic E-state index is 13.6. The average Bonchev–Trinajstić information content (AvgIpc) is 2.39. The zero-order valence-corrected chi connectivity index (χ0v) is 11.3. The minimum absolute atomic E-state index is 0.0952. The molecule has 2 atom stereocenters.